The van der Waals surface area contributed by atoms with Gasteiger partial charge in [0.1, 0.15) is 11.9 Å². The van der Waals surface area contributed by atoms with Gasteiger partial charge in [0.05, 0.1) is 19.6 Å². The van der Waals surface area contributed by atoms with Crippen molar-refractivity contribution >= 4 is 5.97 Å². The lowest BCUT2D eigenvalue weighted by atomic mass is 9.95. The van der Waals surface area contributed by atoms with Gasteiger partial charge >= 0.3 is 5.97 Å². The Morgan fingerprint density at radius 2 is 2.00 bits per heavy atom. The van der Waals surface area contributed by atoms with Crippen molar-refractivity contribution in [3.05, 3.63) is 29.3 Å². The third kappa shape index (κ3) is 4.46. The van der Waals surface area contributed by atoms with E-state index in [2.05, 4.69) is 0 Å². The number of carbonyl (C=O) groups excluding carboxylic acids is 1. The lowest BCUT2D eigenvalue weighted by Gasteiger charge is -2.27. The van der Waals surface area contributed by atoms with E-state index in [1.54, 1.807) is 14.2 Å². The minimum absolute atomic E-state index is 0.0106. The van der Waals surface area contributed by atoms with Crippen LogP contribution < -0.4 is 4.74 Å². The number of ether oxygens (including phenoxy) is 3. The molecule has 2 unspecified atom stereocenters. The first-order valence-corrected chi connectivity index (χ1v) is 7.48. The molecule has 0 heterocycles. The number of methoxy groups -OCH3 is 2. The SMILES string of the molecule is COc1cc(CC(=O)OC2CCCC(OC)C2)ccc1C. The first-order chi connectivity index (χ1) is 10.1. The van der Waals surface area contributed by atoms with Crippen molar-refractivity contribution in [2.24, 2.45) is 0 Å². The molecule has 0 N–H and O–H groups in total. The van der Waals surface area contributed by atoms with Crippen LogP contribution in [0.3, 0.4) is 0 Å². The maximum Gasteiger partial charge on any atom is 0.310 e. The zero-order valence-electron chi connectivity index (χ0n) is 13.1. The van der Waals surface area contributed by atoms with Crippen LogP contribution in [0.15, 0.2) is 18.2 Å². The van der Waals surface area contributed by atoms with Crippen molar-refractivity contribution in [3.63, 3.8) is 0 Å². The molecule has 1 aliphatic rings. The molecule has 1 aliphatic carbocycles. The van der Waals surface area contributed by atoms with Gasteiger partial charge in [0.15, 0.2) is 0 Å². The van der Waals surface area contributed by atoms with E-state index < -0.39 is 0 Å². The van der Waals surface area contributed by atoms with Gasteiger partial charge in [-0.25, -0.2) is 0 Å². The van der Waals surface area contributed by atoms with Crippen molar-refractivity contribution in [1.29, 1.82) is 0 Å². The molecule has 0 bridgehead atoms. The average Bonchev–Trinajstić information content (AvgIpc) is 2.49. The van der Waals surface area contributed by atoms with Crippen LogP contribution in [0.2, 0.25) is 0 Å². The van der Waals surface area contributed by atoms with Crippen LogP contribution in [0.4, 0.5) is 0 Å². The maximum atomic E-state index is 12.1. The molecule has 1 aromatic carbocycles. The minimum Gasteiger partial charge on any atom is -0.496 e. The highest BCUT2D eigenvalue weighted by Crippen LogP contribution is 2.24. The largest absolute Gasteiger partial charge is 0.496 e. The molecule has 0 aromatic heterocycles. The summed E-state index contributed by atoms with van der Waals surface area (Å²) >= 11 is 0. The fourth-order valence-corrected chi connectivity index (χ4v) is 2.79. The number of rotatable bonds is 5. The average molecular weight is 292 g/mol. The Hall–Kier alpha value is -1.55. The van der Waals surface area contributed by atoms with Gasteiger partial charge in [-0.1, -0.05) is 12.1 Å². The van der Waals surface area contributed by atoms with Crippen LogP contribution in [0.25, 0.3) is 0 Å². The summed E-state index contributed by atoms with van der Waals surface area (Å²) in [5, 5.41) is 0. The van der Waals surface area contributed by atoms with Crippen molar-refractivity contribution in [2.45, 2.75) is 51.2 Å². The lowest BCUT2D eigenvalue weighted by molar-refractivity contribution is -0.151. The summed E-state index contributed by atoms with van der Waals surface area (Å²) in [6.07, 6.45) is 4.33. The molecule has 1 fully saturated rings. The van der Waals surface area contributed by atoms with E-state index in [1.165, 1.54) is 0 Å². The summed E-state index contributed by atoms with van der Waals surface area (Å²) in [4.78, 5) is 12.1. The van der Waals surface area contributed by atoms with Gasteiger partial charge in [0.2, 0.25) is 0 Å². The summed E-state index contributed by atoms with van der Waals surface area (Å²) in [7, 11) is 3.35. The van der Waals surface area contributed by atoms with Crippen LogP contribution in [0.5, 0.6) is 5.75 Å². The predicted octanol–water partition coefficient (Wildman–Crippen LogP) is 3.05. The molecule has 4 nitrogen and oxygen atoms in total. The third-order valence-corrected chi connectivity index (χ3v) is 4.03. The van der Waals surface area contributed by atoms with Crippen LogP contribution in [-0.4, -0.2) is 32.4 Å². The number of esters is 1. The van der Waals surface area contributed by atoms with E-state index >= 15 is 0 Å². The Balaban J connectivity index is 1.89. The Labute approximate surface area is 126 Å². The highest BCUT2D eigenvalue weighted by molar-refractivity contribution is 5.73. The van der Waals surface area contributed by atoms with Crippen molar-refractivity contribution < 1.29 is 19.0 Å². The van der Waals surface area contributed by atoms with Crippen LogP contribution in [-0.2, 0) is 20.7 Å². The molecule has 21 heavy (non-hydrogen) atoms. The number of benzene rings is 1. The Bertz CT molecular complexity index is 484. The van der Waals surface area contributed by atoms with Crippen molar-refractivity contribution in [3.8, 4) is 5.75 Å². The van der Waals surface area contributed by atoms with E-state index in [4.69, 9.17) is 14.2 Å². The molecule has 0 spiro atoms. The zero-order chi connectivity index (χ0) is 15.2. The second kappa shape index (κ2) is 7.46. The topological polar surface area (TPSA) is 44.8 Å². The molecule has 4 heteroatoms. The van der Waals surface area contributed by atoms with Crippen LogP contribution in [0.1, 0.15) is 36.8 Å². The molecule has 0 aliphatic heterocycles. The highest BCUT2D eigenvalue weighted by atomic mass is 16.5. The molecule has 1 saturated carbocycles. The van der Waals surface area contributed by atoms with Gasteiger partial charge in [0.25, 0.3) is 0 Å². The summed E-state index contributed by atoms with van der Waals surface area (Å²) in [5.41, 5.74) is 1.98. The predicted molar refractivity (Wildman–Crippen MR) is 80.6 cm³/mol. The van der Waals surface area contributed by atoms with Gasteiger partial charge in [-0.3, -0.25) is 4.79 Å². The second-order valence-electron chi connectivity index (χ2n) is 5.62. The Morgan fingerprint density at radius 1 is 1.24 bits per heavy atom. The minimum atomic E-state index is -0.178. The fourth-order valence-electron chi connectivity index (χ4n) is 2.79. The molecular formula is C17H24O4. The van der Waals surface area contributed by atoms with Gasteiger partial charge in [0, 0.05) is 13.5 Å². The lowest BCUT2D eigenvalue weighted by Crippen LogP contribution is -2.29. The summed E-state index contributed by atoms with van der Waals surface area (Å²) in [6, 6.07) is 5.80. The third-order valence-electron chi connectivity index (χ3n) is 4.03. The van der Waals surface area contributed by atoms with Crippen molar-refractivity contribution in [2.75, 3.05) is 14.2 Å². The molecule has 2 rings (SSSR count). The zero-order valence-corrected chi connectivity index (χ0v) is 13.1. The molecule has 2 atom stereocenters. The first-order valence-electron chi connectivity index (χ1n) is 7.48. The van der Waals surface area contributed by atoms with Crippen LogP contribution >= 0.6 is 0 Å². The molecule has 0 radical (unpaired) electrons. The number of aryl methyl sites for hydroxylation is 1. The Kier molecular flexibility index (Phi) is 5.62. The maximum absolute atomic E-state index is 12.1. The van der Waals surface area contributed by atoms with E-state index in [1.807, 2.05) is 25.1 Å². The highest BCUT2D eigenvalue weighted by Gasteiger charge is 2.24. The van der Waals surface area contributed by atoms with E-state index in [0.717, 1.165) is 42.6 Å². The monoisotopic (exact) mass is 292 g/mol. The van der Waals surface area contributed by atoms with E-state index in [-0.39, 0.29) is 24.6 Å². The van der Waals surface area contributed by atoms with Crippen LogP contribution in [0, 0.1) is 6.92 Å². The molecule has 1 aromatic rings. The number of hydrogen-bond acceptors (Lipinski definition) is 4. The molecule has 0 amide bonds. The second-order valence-corrected chi connectivity index (χ2v) is 5.62. The summed E-state index contributed by atoms with van der Waals surface area (Å²) < 4.78 is 16.2. The summed E-state index contributed by atoms with van der Waals surface area (Å²) in [5.74, 6) is 0.625. The number of hydrogen-bond donors (Lipinski definition) is 0. The molecule has 116 valence electrons. The smallest absolute Gasteiger partial charge is 0.310 e. The van der Waals surface area contributed by atoms with Crippen molar-refractivity contribution in [1.82, 2.24) is 0 Å². The van der Waals surface area contributed by atoms with Gasteiger partial charge < -0.3 is 14.2 Å². The van der Waals surface area contributed by atoms with Gasteiger partial charge in [-0.15, -0.1) is 0 Å². The number of carbonyl (C=O) groups is 1. The van der Waals surface area contributed by atoms with E-state index in [0.29, 0.717) is 0 Å². The normalized spacial score (nSPS) is 21.9. The fraction of sp³-hybridized carbons (Fsp3) is 0.588. The van der Waals surface area contributed by atoms with Gasteiger partial charge in [-0.05, 0) is 43.4 Å². The van der Waals surface area contributed by atoms with Gasteiger partial charge in [-0.2, -0.15) is 0 Å². The standard InChI is InChI=1S/C17H24O4/c1-12-7-8-13(9-16(12)20-3)10-17(18)21-15-6-4-5-14(11-15)19-2/h7-9,14-15H,4-6,10-11H2,1-3H3. The molecule has 0 saturated heterocycles. The quantitative estimate of drug-likeness (QED) is 0.782. The summed E-state index contributed by atoms with van der Waals surface area (Å²) in [6.45, 7) is 1.98. The van der Waals surface area contributed by atoms with E-state index in [9.17, 15) is 4.79 Å². The molecular weight excluding hydrogens is 268 g/mol. The first kappa shape index (κ1) is 15.8. The Morgan fingerprint density at radius 3 is 2.71 bits per heavy atom.